The van der Waals surface area contributed by atoms with Crippen LogP contribution < -0.4 is 15.5 Å². The van der Waals surface area contributed by atoms with Crippen molar-refractivity contribution >= 4 is 28.2 Å². The molecule has 2 fully saturated rings. The number of pyridine rings is 1. The van der Waals surface area contributed by atoms with Gasteiger partial charge in [-0.3, -0.25) is 9.97 Å². The lowest BCUT2D eigenvalue weighted by atomic mass is 9.91. The Balaban J connectivity index is 1.23. The van der Waals surface area contributed by atoms with Gasteiger partial charge in [0.05, 0.1) is 30.0 Å². The van der Waals surface area contributed by atoms with Gasteiger partial charge in [-0.1, -0.05) is 0 Å². The van der Waals surface area contributed by atoms with Crippen molar-refractivity contribution < 1.29 is 17.9 Å². The van der Waals surface area contributed by atoms with Crippen LogP contribution in [-0.4, -0.2) is 53.3 Å². The van der Waals surface area contributed by atoms with E-state index in [2.05, 4.69) is 42.6 Å². The highest BCUT2D eigenvalue weighted by Crippen LogP contribution is 2.32. The zero-order valence-electron chi connectivity index (χ0n) is 18.7. The van der Waals surface area contributed by atoms with Crippen molar-refractivity contribution in [3.05, 3.63) is 48.4 Å². The van der Waals surface area contributed by atoms with E-state index in [0.717, 1.165) is 73.4 Å². The maximum absolute atomic E-state index is 12.7. The average molecular weight is 473 g/mol. The molecule has 1 aliphatic heterocycles. The summed E-state index contributed by atoms with van der Waals surface area (Å²) in [6.07, 6.45) is 3.58. The molecule has 5 rings (SSSR count). The number of alkyl halides is 3. The molecule has 3 aromatic rings. The van der Waals surface area contributed by atoms with Gasteiger partial charge in [0, 0.05) is 49.5 Å². The standard InChI is InChI=1S/C24H27F3N6O/c25-24(26,27)16-1-6-22(30-15-16)32-18-4-2-17(3-5-18)31-21-14-19(33-9-11-34-12-10-33)13-20-23(21)29-8-7-28-20/h1,6-8,13-15,17-18,31H,2-5,9-12H2,(H,30,32). The van der Waals surface area contributed by atoms with Gasteiger partial charge >= 0.3 is 6.18 Å². The number of ether oxygens (including phenoxy) is 1. The second-order valence-electron chi connectivity index (χ2n) is 8.78. The van der Waals surface area contributed by atoms with E-state index >= 15 is 0 Å². The number of anilines is 3. The summed E-state index contributed by atoms with van der Waals surface area (Å²) in [6, 6.07) is 7.16. The Morgan fingerprint density at radius 1 is 0.882 bits per heavy atom. The van der Waals surface area contributed by atoms with E-state index < -0.39 is 11.7 Å². The normalized spacial score (nSPS) is 21.4. The van der Waals surface area contributed by atoms with Gasteiger partial charge in [-0.25, -0.2) is 4.98 Å². The van der Waals surface area contributed by atoms with Crippen LogP contribution >= 0.6 is 0 Å². The third-order valence-electron chi connectivity index (χ3n) is 6.46. The number of nitrogens with one attached hydrogen (secondary N) is 2. The van der Waals surface area contributed by atoms with Crippen molar-refractivity contribution in [2.75, 3.05) is 41.8 Å². The first-order valence-electron chi connectivity index (χ1n) is 11.6. The predicted octanol–water partition coefficient (Wildman–Crippen LogP) is 4.72. The number of halogens is 3. The van der Waals surface area contributed by atoms with E-state index in [1.807, 2.05) is 0 Å². The third kappa shape index (κ3) is 5.16. The summed E-state index contributed by atoms with van der Waals surface area (Å²) < 4.78 is 43.7. The molecular formula is C24H27F3N6O. The summed E-state index contributed by atoms with van der Waals surface area (Å²) in [5.74, 6) is 0.476. The molecule has 0 radical (unpaired) electrons. The highest BCUT2D eigenvalue weighted by atomic mass is 19.4. The number of fused-ring (bicyclic) bond motifs is 1. The Morgan fingerprint density at radius 3 is 2.26 bits per heavy atom. The zero-order valence-corrected chi connectivity index (χ0v) is 18.7. The van der Waals surface area contributed by atoms with Crippen LogP contribution in [0.1, 0.15) is 31.2 Å². The van der Waals surface area contributed by atoms with Crippen LogP contribution in [-0.2, 0) is 10.9 Å². The summed E-state index contributed by atoms with van der Waals surface area (Å²) in [7, 11) is 0. The highest BCUT2D eigenvalue weighted by molar-refractivity contribution is 5.91. The molecule has 1 aromatic carbocycles. The molecule has 2 aromatic heterocycles. The quantitative estimate of drug-likeness (QED) is 0.557. The van der Waals surface area contributed by atoms with E-state index in [1.165, 1.54) is 6.07 Å². The van der Waals surface area contributed by atoms with E-state index in [4.69, 9.17) is 4.74 Å². The Morgan fingerprint density at radius 2 is 1.59 bits per heavy atom. The molecule has 1 aliphatic carbocycles. The van der Waals surface area contributed by atoms with Gasteiger partial charge < -0.3 is 20.3 Å². The van der Waals surface area contributed by atoms with Gasteiger partial charge in [-0.2, -0.15) is 13.2 Å². The molecule has 34 heavy (non-hydrogen) atoms. The van der Waals surface area contributed by atoms with Gasteiger partial charge in [0.1, 0.15) is 11.3 Å². The molecule has 2 aliphatic rings. The largest absolute Gasteiger partial charge is 0.417 e. The van der Waals surface area contributed by atoms with Crippen molar-refractivity contribution in [1.82, 2.24) is 15.0 Å². The summed E-state index contributed by atoms with van der Waals surface area (Å²) in [6.45, 7) is 3.12. The maximum atomic E-state index is 12.7. The molecule has 1 saturated heterocycles. The predicted molar refractivity (Wildman–Crippen MR) is 125 cm³/mol. The van der Waals surface area contributed by atoms with Crippen molar-refractivity contribution in [2.45, 2.75) is 43.9 Å². The van der Waals surface area contributed by atoms with Crippen LogP contribution in [0.3, 0.4) is 0 Å². The number of hydrogen-bond donors (Lipinski definition) is 2. The molecule has 0 unspecified atom stereocenters. The summed E-state index contributed by atoms with van der Waals surface area (Å²) in [5.41, 5.74) is 3.07. The Hall–Kier alpha value is -3.14. The number of aromatic nitrogens is 3. The fourth-order valence-corrected chi connectivity index (χ4v) is 4.63. The van der Waals surface area contributed by atoms with Crippen LogP contribution in [0.5, 0.6) is 0 Å². The summed E-state index contributed by atoms with van der Waals surface area (Å²) in [4.78, 5) is 15.3. The van der Waals surface area contributed by atoms with Gasteiger partial charge in [-0.15, -0.1) is 0 Å². The molecule has 0 bridgehead atoms. The first-order valence-corrected chi connectivity index (χ1v) is 11.6. The minimum Gasteiger partial charge on any atom is -0.380 e. The second kappa shape index (κ2) is 9.61. The molecular weight excluding hydrogens is 445 g/mol. The van der Waals surface area contributed by atoms with E-state index in [9.17, 15) is 13.2 Å². The molecule has 2 N–H and O–H groups in total. The van der Waals surface area contributed by atoms with Gasteiger partial charge in [0.25, 0.3) is 0 Å². The van der Waals surface area contributed by atoms with Crippen LogP contribution in [0, 0.1) is 0 Å². The fraction of sp³-hybridized carbons (Fsp3) is 0.458. The van der Waals surface area contributed by atoms with Crippen LogP contribution in [0.4, 0.5) is 30.4 Å². The van der Waals surface area contributed by atoms with Crippen LogP contribution in [0.15, 0.2) is 42.9 Å². The Labute approximate surface area is 195 Å². The maximum Gasteiger partial charge on any atom is 0.417 e. The highest BCUT2D eigenvalue weighted by Gasteiger charge is 2.31. The van der Waals surface area contributed by atoms with Crippen molar-refractivity contribution in [3.63, 3.8) is 0 Å². The third-order valence-corrected chi connectivity index (χ3v) is 6.46. The first kappa shape index (κ1) is 22.6. The molecule has 7 nitrogen and oxygen atoms in total. The minimum absolute atomic E-state index is 0.179. The van der Waals surface area contributed by atoms with Crippen molar-refractivity contribution in [1.29, 1.82) is 0 Å². The van der Waals surface area contributed by atoms with E-state index in [1.54, 1.807) is 12.4 Å². The topological polar surface area (TPSA) is 75.2 Å². The van der Waals surface area contributed by atoms with Crippen LogP contribution in [0.25, 0.3) is 11.0 Å². The van der Waals surface area contributed by atoms with E-state index in [0.29, 0.717) is 19.0 Å². The SMILES string of the molecule is FC(F)(F)c1ccc(NC2CCC(Nc3cc(N4CCOCC4)cc4nccnc34)CC2)nc1. The smallest absolute Gasteiger partial charge is 0.380 e. The molecule has 0 atom stereocenters. The average Bonchev–Trinajstić information content (AvgIpc) is 2.85. The Kier molecular flexibility index (Phi) is 6.40. The number of rotatable bonds is 5. The van der Waals surface area contributed by atoms with Crippen LogP contribution in [0.2, 0.25) is 0 Å². The zero-order chi connectivity index (χ0) is 23.5. The lowest BCUT2D eigenvalue weighted by molar-refractivity contribution is -0.137. The molecule has 1 saturated carbocycles. The monoisotopic (exact) mass is 472 g/mol. The second-order valence-corrected chi connectivity index (χ2v) is 8.78. The number of nitrogens with zero attached hydrogens (tertiary/aromatic N) is 4. The van der Waals surface area contributed by atoms with Gasteiger partial charge in [0.15, 0.2) is 0 Å². The fourth-order valence-electron chi connectivity index (χ4n) is 4.63. The first-order chi connectivity index (χ1) is 16.5. The van der Waals surface area contributed by atoms with Crippen molar-refractivity contribution in [3.8, 4) is 0 Å². The molecule has 180 valence electrons. The summed E-state index contributed by atoms with van der Waals surface area (Å²) >= 11 is 0. The molecule has 3 heterocycles. The minimum atomic E-state index is -4.37. The number of benzene rings is 1. The van der Waals surface area contributed by atoms with Crippen molar-refractivity contribution in [2.24, 2.45) is 0 Å². The molecule has 0 spiro atoms. The van der Waals surface area contributed by atoms with E-state index in [-0.39, 0.29) is 12.1 Å². The lowest BCUT2D eigenvalue weighted by Crippen LogP contribution is -2.36. The summed E-state index contributed by atoms with van der Waals surface area (Å²) in [5, 5.41) is 6.96. The number of morpholine rings is 1. The Bertz CT molecular complexity index is 1110. The van der Waals surface area contributed by atoms with Gasteiger partial charge in [-0.05, 0) is 49.9 Å². The van der Waals surface area contributed by atoms with Gasteiger partial charge in [0.2, 0.25) is 0 Å². The lowest BCUT2D eigenvalue weighted by Gasteiger charge is -2.32. The molecule has 0 amide bonds. The molecule has 10 heteroatoms. The number of hydrogen-bond acceptors (Lipinski definition) is 7.